The van der Waals surface area contributed by atoms with Crippen LogP contribution in [-0.2, 0) is 7.05 Å². The fraction of sp³-hybridized carbons (Fsp3) is 0.0455. The third-order valence-electron chi connectivity index (χ3n) is 4.53. The van der Waals surface area contributed by atoms with Gasteiger partial charge in [0.15, 0.2) is 0 Å². The number of para-hydroxylation sites is 1. The zero-order valence-corrected chi connectivity index (χ0v) is 14.7. The number of hydrogen-bond donors (Lipinski definition) is 0. The molecule has 0 fully saturated rings. The molecule has 132 valence electrons. The first-order valence-corrected chi connectivity index (χ1v) is 8.58. The molecule has 0 aliphatic heterocycles. The average Bonchev–Trinajstić information content (AvgIpc) is 3.06. The highest BCUT2D eigenvalue weighted by Crippen LogP contribution is 2.37. The smallest absolute Gasteiger partial charge is 0.280 e. The number of hydrogen-bond acceptors (Lipinski definition) is 3. The van der Waals surface area contributed by atoms with Crippen LogP contribution in [-0.4, -0.2) is 14.5 Å². The molecule has 5 heteroatoms. The van der Waals surface area contributed by atoms with E-state index >= 15 is 0 Å². The highest BCUT2D eigenvalue weighted by Gasteiger charge is 2.23. The Morgan fingerprint density at radius 1 is 0.815 bits per heavy atom. The zero-order chi connectivity index (χ0) is 18.8. The normalized spacial score (nSPS) is 10.7. The van der Waals surface area contributed by atoms with Crippen LogP contribution in [0, 0.1) is 10.1 Å². The molecule has 4 rings (SSSR count). The second kappa shape index (κ2) is 6.88. The van der Waals surface area contributed by atoms with Crippen LogP contribution < -0.4 is 0 Å². The van der Waals surface area contributed by atoms with Crippen molar-refractivity contribution in [3.8, 4) is 33.9 Å². The van der Waals surface area contributed by atoms with Crippen molar-refractivity contribution in [3.63, 3.8) is 0 Å². The fourth-order valence-electron chi connectivity index (χ4n) is 3.29. The highest BCUT2D eigenvalue weighted by atomic mass is 16.6. The summed E-state index contributed by atoms with van der Waals surface area (Å²) in [6.07, 6.45) is 0. The number of rotatable bonds is 4. The molecule has 0 N–H and O–H groups in total. The molecule has 1 heterocycles. The highest BCUT2D eigenvalue weighted by molar-refractivity contribution is 5.83. The summed E-state index contributed by atoms with van der Waals surface area (Å²) >= 11 is 0. The van der Waals surface area contributed by atoms with Gasteiger partial charge in [-0.05, 0) is 6.07 Å². The van der Waals surface area contributed by atoms with E-state index in [1.54, 1.807) is 18.2 Å². The van der Waals surface area contributed by atoms with E-state index in [0.717, 1.165) is 22.5 Å². The van der Waals surface area contributed by atoms with Gasteiger partial charge >= 0.3 is 0 Å². The topological polar surface area (TPSA) is 61.0 Å². The lowest BCUT2D eigenvalue weighted by Crippen LogP contribution is -1.98. The summed E-state index contributed by atoms with van der Waals surface area (Å²) in [7, 11) is 1.90. The van der Waals surface area contributed by atoms with E-state index in [4.69, 9.17) is 4.98 Å². The van der Waals surface area contributed by atoms with Crippen LogP contribution >= 0.6 is 0 Å². The Labute approximate surface area is 156 Å². The predicted molar refractivity (Wildman–Crippen MR) is 106 cm³/mol. The van der Waals surface area contributed by atoms with Crippen LogP contribution in [0.1, 0.15) is 0 Å². The third-order valence-corrected chi connectivity index (χ3v) is 4.53. The molecule has 4 aromatic rings. The van der Waals surface area contributed by atoms with E-state index < -0.39 is 0 Å². The molecule has 0 spiro atoms. The summed E-state index contributed by atoms with van der Waals surface area (Å²) < 4.78 is 1.93. The van der Waals surface area contributed by atoms with Crippen molar-refractivity contribution < 1.29 is 4.92 Å². The standard InChI is InChI=1S/C22H17N3O2/c1-24-21(17-12-6-3-7-13-17)20(16-10-4-2-5-11-16)23-22(24)18-14-8-9-15-19(18)25(26)27/h2-15H,1H3. The number of nitro groups is 1. The van der Waals surface area contributed by atoms with Crippen LogP contribution in [0.4, 0.5) is 5.69 Å². The molecule has 0 unspecified atom stereocenters. The molecule has 3 aromatic carbocycles. The maximum atomic E-state index is 11.5. The maximum Gasteiger partial charge on any atom is 0.280 e. The van der Waals surface area contributed by atoms with Crippen molar-refractivity contribution in [3.05, 3.63) is 95.0 Å². The molecule has 0 saturated heterocycles. The Balaban J connectivity index is 2.02. The summed E-state index contributed by atoms with van der Waals surface area (Å²) in [4.78, 5) is 16.0. The van der Waals surface area contributed by atoms with Gasteiger partial charge in [0, 0.05) is 24.2 Å². The summed E-state index contributed by atoms with van der Waals surface area (Å²) in [5, 5.41) is 11.5. The molecule has 0 bridgehead atoms. The quantitative estimate of drug-likeness (QED) is 0.367. The minimum absolute atomic E-state index is 0.0461. The van der Waals surface area contributed by atoms with Crippen LogP contribution in [0.15, 0.2) is 84.9 Å². The molecule has 0 saturated carbocycles. The minimum Gasteiger partial charge on any atom is -0.326 e. The van der Waals surface area contributed by atoms with Crippen molar-refractivity contribution in [1.82, 2.24) is 9.55 Å². The van der Waals surface area contributed by atoms with Gasteiger partial charge < -0.3 is 4.57 Å². The first kappa shape index (κ1) is 16.7. The molecule has 5 nitrogen and oxygen atoms in total. The van der Waals surface area contributed by atoms with Gasteiger partial charge in [0.2, 0.25) is 0 Å². The lowest BCUT2D eigenvalue weighted by atomic mass is 10.1. The van der Waals surface area contributed by atoms with Crippen molar-refractivity contribution in [2.75, 3.05) is 0 Å². The average molecular weight is 355 g/mol. The fourth-order valence-corrected chi connectivity index (χ4v) is 3.29. The van der Waals surface area contributed by atoms with Crippen molar-refractivity contribution in [2.45, 2.75) is 0 Å². The number of nitro benzene ring substituents is 1. The second-order valence-corrected chi connectivity index (χ2v) is 6.20. The van der Waals surface area contributed by atoms with Crippen molar-refractivity contribution in [1.29, 1.82) is 0 Å². The van der Waals surface area contributed by atoms with Gasteiger partial charge in [-0.1, -0.05) is 72.8 Å². The molecule has 0 amide bonds. The Morgan fingerprint density at radius 2 is 1.37 bits per heavy atom. The van der Waals surface area contributed by atoms with Crippen LogP contribution in [0.5, 0.6) is 0 Å². The SMILES string of the molecule is Cn1c(-c2ccccc2[N+](=O)[O-])nc(-c2ccccc2)c1-c1ccccc1. The molecule has 1 aromatic heterocycles. The van der Waals surface area contributed by atoms with Crippen molar-refractivity contribution >= 4 is 5.69 Å². The monoisotopic (exact) mass is 355 g/mol. The van der Waals surface area contributed by atoms with Gasteiger partial charge in [0.1, 0.15) is 5.82 Å². The van der Waals surface area contributed by atoms with E-state index in [0.29, 0.717) is 11.4 Å². The number of nitrogens with zero attached hydrogens (tertiary/aromatic N) is 3. The molecule has 0 atom stereocenters. The number of aromatic nitrogens is 2. The Hall–Kier alpha value is -3.73. The van der Waals surface area contributed by atoms with Crippen LogP contribution in [0.2, 0.25) is 0 Å². The van der Waals surface area contributed by atoms with Gasteiger partial charge in [-0.25, -0.2) is 4.98 Å². The molecule has 27 heavy (non-hydrogen) atoms. The van der Waals surface area contributed by atoms with Crippen LogP contribution in [0.3, 0.4) is 0 Å². The molecule has 0 aliphatic rings. The largest absolute Gasteiger partial charge is 0.326 e. The van der Waals surface area contributed by atoms with E-state index in [1.165, 1.54) is 6.07 Å². The molecular formula is C22H17N3O2. The number of imidazole rings is 1. The van der Waals surface area contributed by atoms with Gasteiger partial charge in [0.25, 0.3) is 5.69 Å². The van der Waals surface area contributed by atoms with Gasteiger partial charge in [0.05, 0.1) is 21.9 Å². The number of benzene rings is 3. The third kappa shape index (κ3) is 3.00. The van der Waals surface area contributed by atoms with E-state index in [9.17, 15) is 10.1 Å². The Kier molecular flexibility index (Phi) is 4.26. The first-order chi connectivity index (χ1) is 13.2. The summed E-state index contributed by atoms with van der Waals surface area (Å²) in [6, 6.07) is 26.5. The lowest BCUT2D eigenvalue weighted by molar-refractivity contribution is -0.384. The molecule has 0 radical (unpaired) electrons. The van der Waals surface area contributed by atoms with E-state index in [2.05, 4.69) is 0 Å². The van der Waals surface area contributed by atoms with Crippen LogP contribution in [0.25, 0.3) is 33.9 Å². The first-order valence-electron chi connectivity index (χ1n) is 8.58. The van der Waals surface area contributed by atoms with Gasteiger partial charge in [-0.15, -0.1) is 0 Å². The Morgan fingerprint density at radius 3 is 2.00 bits per heavy atom. The Bertz CT molecular complexity index is 1100. The van der Waals surface area contributed by atoms with Gasteiger partial charge in [-0.2, -0.15) is 0 Å². The molecular weight excluding hydrogens is 338 g/mol. The van der Waals surface area contributed by atoms with E-state index in [-0.39, 0.29) is 10.6 Å². The predicted octanol–water partition coefficient (Wildman–Crippen LogP) is 5.33. The molecule has 0 aliphatic carbocycles. The van der Waals surface area contributed by atoms with Gasteiger partial charge in [-0.3, -0.25) is 10.1 Å². The second-order valence-electron chi connectivity index (χ2n) is 6.20. The maximum absolute atomic E-state index is 11.5. The minimum atomic E-state index is -0.367. The van der Waals surface area contributed by atoms with E-state index in [1.807, 2.05) is 72.3 Å². The summed E-state index contributed by atoms with van der Waals surface area (Å²) in [5.41, 5.74) is 4.26. The summed E-state index contributed by atoms with van der Waals surface area (Å²) in [6.45, 7) is 0. The lowest BCUT2D eigenvalue weighted by Gasteiger charge is -2.08. The van der Waals surface area contributed by atoms with Crippen molar-refractivity contribution in [2.24, 2.45) is 7.05 Å². The summed E-state index contributed by atoms with van der Waals surface area (Å²) in [5.74, 6) is 0.569. The zero-order valence-electron chi connectivity index (χ0n) is 14.7.